The lowest BCUT2D eigenvalue weighted by Crippen LogP contribution is -2.31. The zero-order valence-corrected chi connectivity index (χ0v) is 10.3. The van der Waals surface area contributed by atoms with E-state index in [9.17, 15) is 0 Å². The smallest absolute Gasteiger partial charge is 0.160 e. The van der Waals surface area contributed by atoms with Gasteiger partial charge in [-0.1, -0.05) is 6.92 Å². The van der Waals surface area contributed by atoms with Crippen LogP contribution in [0.5, 0.6) is 0 Å². The van der Waals surface area contributed by atoms with E-state index in [0.29, 0.717) is 6.10 Å². The summed E-state index contributed by atoms with van der Waals surface area (Å²) in [6.07, 6.45) is 2.43. The number of nitrogens with zero attached hydrogens (tertiary/aromatic N) is 3. The third-order valence-electron chi connectivity index (χ3n) is 3.31. The Labute approximate surface area is 101 Å². The van der Waals surface area contributed by atoms with E-state index in [1.807, 2.05) is 13.0 Å². The molecule has 0 aromatic carbocycles. The van der Waals surface area contributed by atoms with Crippen LogP contribution in [0.1, 0.15) is 24.9 Å². The molecule has 1 aliphatic rings. The van der Waals surface area contributed by atoms with Gasteiger partial charge in [0.1, 0.15) is 11.3 Å². The van der Waals surface area contributed by atoms with Crippen LogP contribution >= 0.6 is 0 Å². The Balaban J connectivity index is 2.07. The first-order valence-electron chi connectivity index (χ1n) is 6.22. The fourth-order valence-corrected chi connectivity index (χ4v) is 2.24. The fourth-order valence-electron chi connectivity index (χ4n) is 2.24. The van der Waals surface area contributed by atoms with Gasteiger partial charge in [-0.15, -0.1) is 0 Å². The minimum Gasteiger partial charge on any atom is -0.376 e. The summed E-state index contributed by atoms with van der Waals surface area (Å²) in [7, 11) is 0. The maximum Gasteiger partial charge on any atom is 0.160 e. The molecule has 0 N–H and O–H groups in total. The molecule has 3 rings (SSSR count). The Morgan fingerprint density at radius 1 is 1.41 bits per heavy atom. The quantitative estimate of drug-likeness (QED) is 0.812. The molecule has 1 aliphatic heterocycles. The number of hydrogen-bond donors (Lipinski definition) is 0. The number of ether oxygens (including phenoxy) is 1. The summed E-state index contributed by atoms with van der Waals surface area (Å²) >= 11 is 0. The molecule has 4 heteroatoms. The number of aromatic nitrogens is 3. The van der Waals surface area contributed by atoms with Crippen LogP contribution in [-0.4, -0.2) is 27.2 Å². The molecule has 0 saturated carbocycles. The lowest BCUT2D eigenvalue weighted by molar-refractivity contribution is -0.0590. The van der Waals surface area contributed by atoms with Crippen LogP contribution in [-0.2, 0) is 17.7 Å². The first kappa shape index (κ1) is 10.7. The van der Waals surface area contributed by atoms with Crippen molar-refractivity contribution < 1.29 is 4.74 Å². The van der Waals surface area contributed by atoms with Gasteiger partial charge in [0.2, 0.25) is 0 Å². The van der Waals surface area contributed by atoms with Crippen molar-refractivity contribution in [1.29, 1.82) is 0 Å². The third-order valence-corrected chi connectivity index (χ3v) is 3.31. The minimum absolute atomic E-state index is 0.347. The van der Waals surface area contributed by atoms with E-state index in [1.165, 1.54) is 0 Å². The predicted molar refractivity (Wildman–Crippen MR) is 66.0 cm³/mol. The second kappa shape index (κ2) is 4.11. The predicted octanol–water partition coefficient (Wildman–Crippen LogP) is 2.09. The SMILES string of the molecule is CCc1nc2ccc(C)nc2n1CC1CCO1. The number of hydrogen-bond acceptors (Lipinski definition) is 3. The van der Waals surface area contributed by atoms with Gasteiger partial charge in [-0.05, 0) is 25.5 Å². The third kappa shape index (κ3) is 1.82. The summed E-state index contributed by atoms with van der Waals surface area (Å²) in [4.78, 5) is 9.23. The summed E-state index contributed by atoms with van der Waals surface area (Å²) in [5.41, 5.74) is 3.03. The van der Waals surface area contributed by atoms with Gasteiger partial charge in [-0.2, -0.15) is 0 Å². The molecule has 1 fully saturated rings. The van der Waals surface area contributed by atoms with E-state index in [4.69, 9.17) is 4.74 Å². The van der Waals surface area contributed by atoms with Crippen LogP contribution in [0.2, 0.25) is 0 Å². The van der Waals surface area contributed by atoms with Crippen molar-refractivity contribution >= 4 is 11.2 Å². The molecule has 90 valence electrons. The van der Waals surface area contributed by atoms with Gasteiger partial charge in [0.05, 0.1) is 12.6 Å². The normalized spacial score (nSPS) is 19.5. The lowest BCUT2D eigenvalue weighted by atomic mass is 10.2. The van der Waals surface area contributed by atoms with Crippen molar-refractivity contribution in [1.82, 2.24) is 14.5 Å². The molecule has 0 bridgehead atoms. The van der Waals surface area contributed by atoms with E-state index in [-0.39, 0.29) is 0 Å². The summed E-state index contributed by atoms with van der Waals surface area (Å²) < 4.78 is 7.72. The summed E-state index contributed by atoms with van der Waals surface area (Å²) in [5, 5.41) is 0. The summed E-state index contributed by atoms with van der Waals surface area (Å²) in [5.74, 6) is 1.11. The molecule has 0 aliphatic carbocycles. The molecule has 2 aromatic rings. The second-order valence-electron chi connectivity index (χ2n) is 4.57. The van der Waals surface area contributed by atoms with Crippen molar-refractivity contribution in [2.75, 3.05) is 6.61 Å². The topological polar surface area (TPSA) is 39.9 Å². The average Bonchev–Trinajstić information content (AvgIpc) is 2.61. The molecule has 0 spiro atoms. The zero-order chi connectivity index (χ0) is 11.8. The highest BCUT2D eigenvalue weighted by atomic mass is 16.5. The molecule has 3 heterocycles. The largest absolute Gasteiger partial charge is 0.376 e. The van der Waals surface area contributed by atoms with Gasteiger partial charge in [-0.3, -0.25) is 0 Å². The maximum atomic E-state index is 5.51. The molecule has 1 unspecified atom stereocenters. The first-order chi connectivity index (χ1) is 8.28. The average molecular weight is 231 g/mol. The van der Waals surface area contributed by atoms with Gasteiger partial charge in [0, 0.05) is 18.7 Å². The number of aryl methyl sites for hydroxylation is 2. The van der Waals surface area contributed by atoms with Crippen LogP contribution in [0.25, 0.3) is 11.2 Å². The molecule has 0 amide bonds. The van der Waals surface area contributed by atoms with E-state index < -0.39 is 0 Å². The Hall–Kier alpha value is -1.42. The highest BCUT2D eigenvalue weighted by Crippen LogP contribution is 2.20. The number of rotatable bonds is 3. The highest BCUT2D eigenvalue weighted by molar-refractivity contribution is 5.71. The van der Waals surface area contributed by atoms with E-state index in [2.05, 4.69) is 27.5 Å². The molecular weight excluding hydrogens is 214 g/mol. The highest BCUT2D eigenvalue weighted by Gasteiger charge is 2.21. The Morgan fingerprint density at radius 3 is 2.88 bits per heavy atom. The van der Waals surface area contributed by atoms with Gasteiger partial charge in [0.15, 0.2) is 5.65 Å². The summed E-state index contributed by atoms with van der Waals surface area (Å²) in [6, 6.07) is 4.06. The molecular formula is C13H17N3O. The zero-order valence-electron chi connectivity index (χ0n) is 10.3. The van der Waals surface area contributed by atoms with Crippen molar-refractivity contribution in [3.63, 3.8) is 0 Å². The Kier molecular flexibility index (Phi) is 2.59. The minimum atomic E-state index is 0.347. The van der Waals surface area contributed by atoms with E-state index in [0.717, 1.165) is 48.7 Å². The van der Waals surface area contributed by atoms with Crippen LogP contribution in [0, 0.1) is 6.92 Å². The lowest BCUT2D eigenvalue weighted by Gasteiger charge is -2.27. The van der Waals surface area contributed by atoms with Crippen molar-refractivity contribution in [2.45, 2.75) is 39.3 Å². The van der Waals surface area contributed by atoms with Crippen LogP contribution < -0.4 is 0 Å². The monoisotopic (exact) mass is 231 g/mol. The second-order valence-corrected chi connectivity index (χ2v) is 4.57. The van der Waals surface area contributed by atoms with Crippen LogP contribution in [0.15, 0.2) is 12.1 Å². The fraction of sp³-hybridized carbons (Fsp3) is 0.538. The molecule has 2 aromatic heterocycles. The van der Waals surface area contributed by atoms with E-state index >= 15 is 0 Å². The Bertz CT molecular complexity index is 543. The van der Waals surface area contributed by atoms with Crippen LogP contribution in [0.4, 0.5) is 0 Å². The number of imidazole rings is 1. The molecule has 4 nitrogen and oxygen atoms in total. The van der Waals surface area contributed by atoms with Gasteiger partial charge in [0.25, 0.3) is 0 Å². The number of fused-ring (bicyclic) bond motifs is 1. The van der Waals surface area contributed by atoms with Gasteiger partial charge < -0.3 is 9.30 Å². The van der Waals surface area contributed by atoms with Crippen molar-refractivity contribution in [2.24, 2.45) is 0 Å². The standard InChI is InChI=1S/C13H17N3O/c1-3-12-15-11-5-4-9(2)14-13(11)16(12)8-10-6-7-17-10/h4-5,10H,3,6-8H2,1-2H3. The van der Waals surface area contributed by atoms with E-state index in [1.54, 1.807) is 0 Å². The number of pyridine rings is 1. The van der Waals surface area contributed by atoms with Crippen molar-refractivity contribution in [3.05, 3.63) is 23.7 Å². The molecule has 1 atom stereocenters. The summed E-state index contributed by atoms with van der Waals surface area (Å²) in [6.45, 7) is 5.93. The molecule has 0 radical (unpaired) electrons. The molecule has 1 saturated heterocycles. The first-order valence-corrected chi connectivity index (χ1v) is 6.22. The Morgan fingerprint density at radius 2 is 2.24 bits per heavy atom. The van der Waals surface area contributed by atoms with Gasteiger partial charge >= 0.3 is 0 Å². The maximum absolute atomic E-state index is 5.51. The van der Waals surface area contributed by atoms with Crippen LogP contribution in [0.3, 0.4) is 0 Å². The molecule has 17 heavy (non-hydrogen) atoms. The van der Waals surface area contributed by atoms with Gasteiger partial charge in [-0.25, -0.2) is 9.97 Å². The van der Waals surface area contributed by atoms with Crippen molar-refractivity contribution in [3.8, 4) is 0 Å².